The molecule has 3 atom stereocenters. The molecule has 1 heterocycles. The molecule has 3 rings (SSSR count). The van der Waals surface area contributed by atoms with E-state index < -0.39 is 15.1 Å². The quantitative estimate of drug-likeness (QED) is 0.873. The minimum atomic E-state index is -3.96. The van der Waals surface area contributed by atoms with Crippen LogP contribution in [0.2, 0.25) is 0 Å². The molecule has 122 valence electrons. The molecule has 23 heavy (non-hydrogen) atoms. The molecule has 1 fully saturated rings. The summed E-state index contributed by atoms with van der Waals surface area (Å²) in [5.74, 6) is 0.549. The van der Waals surface area contributed by atoms with Crippen molar-refractivity contribution in [3.63, 3.8) is 0 Å². The summed E-state index contributed by atoms with van der Waals surface area (Å²) in [5, 5.41) is 7.54. The van der Waals surface area contributed by atoms with Gasteiger partial charge in [-0.15, -0.1) is 0 Å². The maximum atomic E-state index is 12.4. The van der Waals surface area contributed by atoms with Gasteiger partial charge in [-0.1, -0.05) is 37.3 Å². The summed E-state index contributed by atoms with van der Waals surface area (Å²) in [5.41, 5.74) is 1.17. The number of carbonyl (C=O) groups is 1. The SMILES string of the molecule is CC1CC1C(NC(=O)c1coc(S(N)(=O)=O)c1)c1ccccc1. The molecule has 0 aliphatic heterocycles. The van der Waals surface area contributed by atoms with Crippen LogP contribution in [0.4, 0.5) is 0 Å². The first kappa shape index (κ1) is 15.8. The van der Waals surface area contributed by atoms with Crippen LogP contribution in [-0.2, 0) is 10.0 Å². The van der Waals surface area contributed by atoms with E-state index in [0.29, 0.717) is 11.8 Å². The van der Waals surface area contributed by atoms with Crippen molar-refractivity contribution < 1.29 is 17.6 Å². The summed E-state index contributed by atoms with van der Waals surface area (Å²) in [7, 11) is -3.96. The lowest BCUT2D eigenvalue weighted by Crippen LogP contribution is -2.30. The minimum Gasteiger partial charge on any atom is -0.451 e. The monoisotopic (exact) mass is 334 g/mol. The molecular weight excluding hydrogens is 316 g/mol. The van der Waals surface area contributed by atoms with Crippen molar-refractivity contribution in [2.24, 2.45) is 17.0 Å². The second kappa shape index (κ2) is 5.82. The maximum Gasteiger partial charge on any atom is 0.271 e. The summed E-state index contributed by atoms with van der Waals surface area (Å²) in [6.07, 6.45) is 2.15. The number of rotatable bonds is 5. The second-order valence-corrected chi connectivity index (χ2v) is 7.43. The fourth-order valence-electron chi connectivity index (χ4n) is 2.72. The van der Waals surface area contributed by atoms with Gasteiger partial charge in [0.15, 0.2) is 0 Å². The molecule has 7 heteroatoms. The molecule has 3 unspecified atom stereocenters. The fraction of sp³-hybridized carbons (Fsp3) is 0.312. The average Bonchev–Trinajstić information content (AvgIpc) is 3.03. The highest BCUT2D eigenvalue weighted by Gasteiger charge is 2.41. The number of hydrogen-bond donors (Lipinski definition) is 2. The van der Waals surface area contributed by atoms with Gasteiger partial charge in [-0.25, -0.2) is 13.6 Å². The molecular formula is C16H18N2O4S. The van der Waals surface area contributed by atoms with Crippen LogP contribution in [0.1, 0.15) is 35.3 Å². The molecule has 0 radical (unpaired) electrons. The number of hydrogen-bond acceptors (Lipinski definition) is 4. The van der Waals surface area contributed by atoms with Crippen LogP contribution in [0.25, 0.3) is 0 Å². The van der Waals surface area contributed by atoms with Crippen LogP contribution in [0.15, 0.2) is 52.2 Å². The summed E-state index contributed by atoms with van der Waals surface area (Å²) in [6.45, 7) is 2.14. The van der Waals surface area contributed by atoms with E-state index in [0.717, 1.165) is 24.3 Å². The van der Waals surface area contributed by atoms with Gasteiger partial charge < -0.3 is 9.73 Å². The van der Waals surface area contributed by atoms with Gasteiger partial charge in [-0.2, -0.15) is 0 Å². The zero-order valence-electron chi connectivity index (χ0n) is 12.6. The topological polar surface area (TPSA) is 102 Å². The number of benzene rings is 1. The molecule has 0 spiro atoms. The van der Waals surface area contributed by atoms with Gasteiger partial charge in [-0.05, 0) is 23.8 Å². The summed E-state index contributed by atoms with van der Waals surface area (Å²) in [6, 6.07) is 10.8. The Hall–Kier alpha value is -2.12. The predicted octanol–water partition coefficient (Wildman–Crippen LogP) is 2.05. The van der Waals surface area contributed by atoms with Crippen molar-refractivity contribution >= 4 is 15.9 Å². The standard InChI is InChI=1S/C16H18N2O4S/c1-10-7-13(10)15(11-5-3-2-4-6-11)18-16(19)12-8-14(22-9-12)23(17,20)21/h2-6,8-10,13,15H,7H2,1H3,(H,18,19)(H2,17,20,21). The lowest BCUT2D eigenvalue weighted by Gasteiger charge is -2.19. The minimum absolute atomic E-state index is 0.105. The zero-order valence-corrected chi connectivity index (χ0v) is 13.4. The van der Waals surface area contributed by atoms with Crippen LogP contribution in [-0.4, -0.2) is 14.3 Å². The van der Waals surface area contributed by atoms with Crippen molar-refractivity contribution in [2.75, 3.05) is 0 Å². The van der Waals surface area contributed by atoms with E-state index >= 15 is 0 Å². The van der Waals surface area contributed by atoms with Crippen LogP contribution in [0.5, 0.6) is 0 Å². The van der Waals surface area contributed by atoms with E-state index in [1.165, 1.54) is 0 Å². The van der Waals surface area contributed by atoms with Gasteiger partial charge in [0.1, 0.15) is 6.26 Å². The molecule has 1 aromatic heterocycles. The number of nitrogens with two attached hydrogens (primary N) is 1. The lowest BCUT2D eigenvalue weighted by atomic mass is 10.0. The van der Waals surface area contributed by atoms with Crippen LogP contribution >= 0.6 is 0 Å². The second-order valence-electron chi connectivity index (χ2n) is 5.94. The molecule has 1 aromatic carbocycles. The Labute approximate surface area is 134 Å². The summed E-state index contributed by atoms with van der Waals surface area (Å²) < 4.78 is 27.3. The van der Waals surface area contributed by atoms with Crippen LogP contribution in [0, 0.1) is 11.8 Å². The highest BCUT2D eigenvalue weighted by atomic mass is 32.2. The van der Waals surface area contributed by atoms with E-state index in [1.807, 2.05) is 30.3 Å². The maximum absolute atomic E-state index is 12.4. The van der Waals surface area contributed by atoms with Gasteiger partial charge in [0.05, 0.1) is 11.6 Å². The Kier molecular flexibility index (Phi) is 3.99. The number of nitrogens with one attached hydrogen (secondary N) is 1. The van der Waals surface area contributed by atoms with Gasteiger partial charge >= 0.3 is 0 Å². The Morgan fingerprint density at radius 1 is 1.35 bits per heavy atom. The smallest absolute Gasteiger partial charge is 0.271 e. The molecule has 0 bridgehead atoms. The molecule has 1 saturated carbocycles. The van der Waals surface area contributed by atoms with Gasteiger partial charge in [0.25, 0.3) is 15.9 Å². The molecule has 3 N–H and O–H groups in total. The van der Waals surface area contributed by atoms with Crippen molar-refractivity contribution in [2.45, 2.75) is 24.5 Å². The Morgan fingerprint density at radius 2 is 2.00 bits per heavy atom. The third kappa shape index (κ3) is 3.46. The molecule has 2 aromatic rings. The summed E-state index contributed by atoms with van der Waals surface area (Å²) in [4.78, 5) is 12.4. The van der Waals surface area contributed by atoms with Gasteiger partial charge in [0, 0.05) is 6.07 Å². The third-order valence-electron chi connectivity index (χ3n) is 4.16. The van der Waals surface area contributed by atoms with Crippen molar-refractivity contribution in [1.29, 1.82) is 0 Å². The highest BCUT2D eigenvalue weighted by molar-refractivity contribution is 7.89. The molecule has 0 saturated heterocycles. The number of furan rings is 1. The molecule has 1 aliphatic carbocycles. The Bertz CT molecular complexity index is 814. The van der Waals surface area contributed by atoms with Crippen molar-refractivity contribution in [3.8, 4) is 0 Å². The largest absolute Gasteiger partial charge is 0.451 e. The van der Waals surface area contributed by atoms with E-state index in [4.69, 9.17) is 9.56 Å². The number of primary sulfonamides is 1. The number of carbonyl (C=O) groups excluding carboxylic acids is 1. The Balaban J connectivity index is 1.80. The first-order valence-corrected chi connectivity index (χ1v) is 8.88. The third-order valence-corrected chi connectivity index (χ3v) is 4.94. The normalized spacial score (nSPS) is 21.7. The molecule has 1 aliphatic rings. The first-order valence-electron chi connectivity index (χ1n) is 7.33. The Morgan fingerprint density at radius 3 is 2.52 bits per heavy atom. The summed E-state index contributed by atoms with van der Waals surface area (Å²) >= 11 is 0. The van der Waals surface area contributed by atoms with Gasteiger partial charge in [-0.3, -0.25) is 4.79 Å². The number of sulfonamides is 1. The van der Waals surface area contributed by atoms with Crippen LogP contribution < -0.4 is 10.5 Å². The fourth-order valence-corrected chi connectivity index (χ4v) is 3.20. The highest BCUT2D eigenvalue weighted by Crippen LogP contribution is 2.47. The predicted molar refractivity (Wildman–Crippen MR) is 84.0 cm³/mol. The van der Waals surface area contributed by atoms with E-state index in [-0.39, 0.29) is 17.5 Å². The number of amides is 1. The van der Waals surface area contributed by atoms with E-state index in [2.05, 4.69) is 12.2 Å². The molecule has 1 amide bonds. The lowest BCUT2D eigenvalue weighted by molar-refractivity contribution is 0.0930. The average molecular weight is 334 g/mol. The van der Waals surface area contributed by atoms with Crippen molar-refractivity contribution in [3.05, 3.63) is 53.8 Å². The van der Waals surface area contributed by atoms with E-state index in [1.54, 1.807) is 0 Å². The molecule has 6 nitrogen and oxygen atoms in total. The van der Waals surface area contributed by atoms with E-state index in [9.17, 15) is 13.2 Å². The van der Waals surface area contributed by atoms with Gasteiger partial charge in [0.2, 0.25) is 5.09 Å². The van der Waals surface area contributed by atoms with Crippen LogP contribution in [0.3, 0.4) is 0 Å². The zero-order chi connectivity index (χ0) is 16.6. The van der Waals surface area contributed by atoms with Crippen molar-refractivity contribution in [1.82, 2.24) is 5.32 Å². The first-order chi connectivity index (χ1) is 10.9.